The molecule has 0 saturated heterocycles. The Morgan fingerprint density at radius 3 is 2.17 bits per heavy atom. The van der Waals surface area contributed by atoms with Crippen LogP contribution in [0.5, 0.6) is 0 Å². The lowest BCUT2D eigenvalue weighted by atomic mass is 10.4. The number of nitrogens with zero attached hydrogens (tertiary/aromatic N) is 2. The van der Waals surface area contributed by atoms with Crippen LogP contribution in [0.1, 0.15) is 5.56 Å². The van der Waals surface area contributed by atoms with E-state index in [1.54, 1.807) is 18.5 Å². The fourth-order valence-electron chi connectivity index (χ4n) is 0.661. The molecule has 0 bridgehead atoms. The van der Waals surface area contributed by atoms with Crippen molar-refractivity contribution >= 4 is 0 Å². The van der Waals surface area contributed by atoms with Crippen molar-refractivity contribution < 1.29 is 0 Å². The van der Waals surface area contributed by atoms with Crippen molar-refractivity contribution in [3.63, 3.8) is 0 Å². The Bertz CT molecular complexity index is 249. The molecular weight excluding hydrogens is 150 g/mol. The van der Waals surface area contributed by atoms with Crippen LogP contribution >= 0.6 is 0 Å². The quantitative estimate of drug-likeness (QED) is 0.640. The van der Waals surface area contributed by atoms with Crippen LogP contribution in [-0.4, -0.2) is 15.0 Å². The summed E-state index contributed by atoms with van der Waals surface area (Å²) in [7, 11) is 0. The van der Waals surface area contributed by atoms with Crippen molar-refractivity contribution in [1.29, 1.82) is 0 Å². The van der Waals surface area contributed by atoms with Gasteiger partial charge in [-0.25, -0.2) is 9.97 Å². The fraction of sp³-hybridized carbons (Fsp3) is 0.111. The second-order valence-corrected chi connectivity index (χ2v) is 2.29. The molecule has 0 unspecified atom stereocenters. The highest BCUT2D eigenvalue weighted by Gasteiger charge is 1.73. The first-order valence-electron chi connectivity index (χ1n) is 3.69. The summed E-state index contributed by atoms with van der Waals surface area (Å²) in [5.74, 6) is 0. The summed E-state index contributed by atoms with van der Waals surface area (Å²) in [4.78, 5) is 10.3. The Morgan fingerprint density at radius 1 is 1.25 bits per heavy atom. The van der Waals surface area contributed by atoms with Gasteiger partial charge in [0.1, 0.15) is 6.33 Å². The van der Waals surface area contributed by atoms with E-state index in [-0.39, 0.29) is 0 Å². The van der Waals surface area contributed by atoms with Gasteiger partial charge in [0, 0.05) is 24.8 Å². The number of H-pyrrole nitrogens is 1. The van der Waals surface area contributed by atoms with Crippen molar-refractivity contribution in [3.05, 3.63) is 48.8 Å². The molecule has 1 N–H and O–H groups in total. The van der Waals surface area contributed by atoms with Gasteiger partial charge in [0.25, 0.3) is 0 Å². The van der Waals surface area contributed by atoms with Crippen molar-refractivity contribution in [1.82, 2.24) is 15.0 Å². The van der Waals surface area contributed by atoms with Crippen LogP contribution in [0.3, 0.4) is 0 Å². The van der Waals surface area contributed by atoms with Gasteiger partial charge in [0.2, 0.25) is 0 Å². The number of nitrogens with one attached hydrogen (secondary N) is 1. The summed E-state index contributed by atoms with van der Waals surface area (Å²) in [5, 5.41) is 0. The third-order valence-electron chi connectivity index (χ3n) is 1.23. The largest absolute Gasteiger partial charge is 0.367 e. The number of aromatic amines is 1. The molecule has 0 fully saturated rings. The molecule has 2 aromatic rings. The average Bonchev–Trinajstić information content (AvgIpc) is 2.60. The molecule has 62 valence electrons. The van der Waals surface area contributed by atoms with Crippen molar-refractivity contribution in [2.24, 2.45) is 0 Å². The highest BCUT2D eigenvalue weighted by atomic mass is 14.8. The van der Waals surface area contributed by atoms with Crippen LogP contribution in [0.2, 0.25) is 0 Å². The molecule has 2 rings (SSSR count). The lowest BCUT2D eigenvalue weighted by Gasteiger charge is -1.70. The molecule has 0 radical (unpaired) electrons. The summed E-state index contributed by atoms with van der Waals surface area (Å²) in [6.07, 6.45) is 8.75. The number of aryl methyl sites for hydroxylation is 1. The number of hydrogen-bond donors (Lipinski definition) is 1. The predicted molar refractivity (Wildman–Crippen MR) is 47.6 cm³/mol. The topological polar surface area (TPSA) is 41.6 Å². The minimum atomic E-state index is 1.29. The second kappa shape index (κ2) is 5.07. The first-order chi connectivity index (χ1) is 5.89. The Balaban J connectivity index is 0.000000120. The average molecular weight is 161 g/mol. The van der Waals surface area contributed by atoms with E-state index in [0.29, 0.717) is 0 Å². The number of rotatable bonds is 0. The van der Waals surface area contributed by atoms with E-state index in [1.807, 2.05) is 18.5 Å². The minimum absolute atomic E-state index is 1.29. The van der Waals surface area contributed by atoms with Crippen LogP contribution in [0, 0.1) is 6.92 Å². The lowest BCUT2D eigenvalue weighted by molar-refractivity contribution is 1.17. The molecule has 0 aliphatic carbocycles. The van der Waals surface area contributed by atoms with Gasteiger partial charge >= 0.3 is 0 Å². The van der Waals surface area contributed by atoms with Gasteiger partial charge in [-0.05, 0) is 24.6 Å². The van der Waals surface area contributed by atoms with Gasteiger partial charge in [0.05, 0.1) is 0 Å². The molecule has 2 aromatic heterocycles. The maximum atomic E-state index is 3.67. The zero-order valence-electron chi connectivity index (χ0n) is 6.94. The summed E-state index contributed by atoms with van der Waals surface area (Å²) < 4.78 is 0. The van der Waals surface area contributed by atoms with E-state index in [1.165, 1.54) is 11.9 Å². The Hall–Kier alpha value is -1.64. The zero-order chi connectivity index (χ0) is 8.65. The maximum absolute atomic E-state index is 3.67. The van der Waals surface area contributed by atoms with Gasteiger partial charge in [-0.1, -0.05) is 0 Å². The molecule has 12 heavy (non-hydrogen) atoms. The highest BCUT2D eigenvalue weighted by molar-refractivity contribution is 5.03. The van der Waals surface area contributed by atoms with E-state index in [0.717, 1.165) is 0 Å². The van der Waals surface area contributed by atoms with Crippen LogP contribution in [-0.2, 0) is 0 Å². The van der Waals surface area contributed by atoms with Crippen LogP contribution in [0.25, 0.3) is 0 Å². The molecule has 0 amide bonds. The molecular formula is C9H11N3. The first-order valence-corrected chi connectivity index (χ1v) is 3.69. The van der Waals surface area contributed by atoms with Crippen LogP contribution in [0.15, 0.2) is 43.2 Å². The minimum Gasteiger partial charge on any atom is -0.367 e. The zero-order valence-corrected chi connectivity index (χ0v) is 6.94. The normalized spacial score (nSPS) is 8.42. The van der Waals surface area contributed by atoms with Gasteiger partial charge < -0.3 is 4.98 Å². The van der Waals surface area contributed by atoms with Gasteiger partial charge in [-0.3, -0.25) is 0 Å². The third-order valence-corrected chi connectivity index (χ3v) is 1.23. The maximum Gasteiger partial charge on any atom is 0.115 e. The standard InChI is InChI=1S/C5H7N.C4H4N2/c1-5-2-3-6-4-5;1-2-5-4-6-3-1/h2-4,6H,1H3;1-4H. The molecule has 0 aliphatic heterocycles. The molecule has 3 nitrogen and oxygen atoms in total. The van der Waals surface area contributed by atoms with Gasteiger partial charge in [-0.2, -0.15) is 0 Å². The third kappa shape index (κ3) is 3.51. The molecule has 0 aromatic carbocycles. The van der Waals surface area contributed by atoms with E-state index >= 15 is 0 Å². The van der Waals surface area contributed by atoms with E-state index in [9.17, 15) is 0 Å². The SMILES string of the molecule is Cc1cc[nH]c1.c1cncnc1. The summed E-state index contributed by atoms with van der Waals surface area (Å²) in [6, 6.07) is 3.81. The van der Waals surface area contributed by atoms with Crippen LogP contribution < -0.4 is 0 Å². The van der Waals surface area contributed by atoms with E-state index in [4.69, 9.17) is 0 Å². The fourth-order valence-corrected chi connectivity index (χ4v) is 0.661. The van der Waals surface area contributed by atoms with Crippen molar-refractivity contribution in [3.8, 4) is 0 Å². The smallest absolute Gasteiger partial charge is 0.115 e. The summed E-state index contributed by atoms with van der Waals surface area (Å²) in [6.45, 7) is 2.05. The second-order valence-electron chi connectivity index (χ2n) is 2.29. The molecule has 3 heteroatoms. The predicted octanol–water partition coefficient (Wildman–Crippen LogP) is 1.80. The molecule has 2 heterocycles. The lowest BCUT2D eigenvalue weighted by Crippen LogP contribution is -1.66. The van der Waals surface area contributed by atoms with E-state index < -0.39 is 0 Å². The molecule has 0 saturated carbocycles. The van der Waals surface area contributed by atoms with Gasteiger partial charge in [-0.15, -0.1) is 0 Å². The molecule has 0 spiro atoms. The highest BCUT2D eigenvalue weighted by Crippen LogP contribution is 1.88. The van der Waals surface area contributed by atoms with Crippen molar-refractivity contribution in [2.75, 3.05) is 0 Å². The Labute approximate surface area is 71.5 Å². The summed E-state index contributed by atoms with van der Waals surface area (Å²) >= 11 is 0. The monoisotopic (exact) mass is 161 g/mol. The van der Waals surface area contributed by atoms with Gasteiger partial charge in [0.15, 0.2) is 0 Å². The summed E-state index contributed by atoms with van der Waals surface area (Å²) in [5.41, 5.74) is 1.29. The number of hydrogen-bond acceptors (Lipinski definition) is 2. The number of aromatic nitrogens is 3. The Kier molecular flexibility index (Phi) is 3.57. The van der Waals surface area contributed by atoms with Crippen molar-refractivity contribution in [2.45, 2.75) is 6.92 Å². The van der Waals surface area contributed by atoms with E-state index in [2.05, 4.69) is 21.9 Å². The first kappa shape index (κ1) is 8.46. The Morgan fingerprint density at radius 2 is 2.00 bits per heavy atom. The molecule has 0 atom stereocenters. The van der Waals surface area contributed by atoms with Crippen LogP contribution in [0.4, 0.5) is 0 Å². The molecule has 0 aliphatic rings.